The Morgan fingerprint density at radius 2 is 1.88 bits per heavy atom. The molecule has 25 heavy (non-hydrogen) atoms. The predicted molar refractivity (Wildman–Crippen MR) is 96.5 cm³/mol. The summed E-state index contributed by atoms with van der Waals surface area (Å²) in [5.74, 6) is 0.371. The Balaban J connectivity index is 1.87. The summed E-state index contributed by atoms with van der Waals surface area (Å²) in [6.45, 7) is 5.80. The molecule has 2 aromatic carbocycles. The van der Waals surface area contributed by atoms with Gasteiger partial charge in [0.2, 0.25) is 0 Å². The van der Waals surface area contributed by atoms with Crippen molar-refractivity contribution in [1.29, 1.82) is 0 Å². The monoisotopic (exact) mass is 336 g/mol. The van der Waals surface area contributed by atoms with Crippen molar-refractivity contribution in [3.63, 3.8) is 0 Å². The van der Waals surface area contributed by atoms with E-state index in [0.29, 0.717) is 22.8 Å². The first-order valence-electron chi connectivity index (χ1n) is 7.95. The zero-order chi connectivity index (χ0) is 18.0. The SMILES string of the molecule is COc1cccc(NC(=O)c2nn(-c3ccc(C)cc3C)nc2C)c1. The molecular weight excluding hydrogens is 316 g/mol. The summed E-state index contributed by atoms with van der Waals surface area (Å²) in [5.41, 5.74) is 4.58. The van der Waals surface area contributed by atoms with E-state index in [-0.39, 0.29) is 5.91 Å². The smallest absolute Gasteiger partial charge is 0.278 e. The van der Waals surface area contributed by atoms with E-state index < -0.39 is 0 Å². The average molecular weight is 336 g/mol. The minimum Gasteiger partial charge on any atom is -0.497 e. The lowest BCUT2D eigenvalue weighted by Gasteiger charge is -2.06. The number of nitrogens with one attached hydrogen (secondary N) is 1. The number of nitrogens with zero attached hydrogens (tertiary/aromatic N) is 3. The topological polar surface area (TPSA) is 69.0 Å². The van der Waals surface area contributed by atoms with E-state index in [4.69, 9.17) is 4.74 Å². The van der Waals surface area contributed by atoms with Crippen LogP contribution in [0.5, 0.6) is 5.75 Å². The molecule has 0 unspecified atom stereocenters. The van der Waals surface area contributed by atoms with E-state index in [1.807, 2.05) is 38.1 Å². The van der Waals surface area contributed by atoms with Gasteiger partial charge in [0.05, 0.1) is 18.5 Å². The van der Waals surface area contributed by atoms with Crippen LogP contribution in [0.25, 0.3) is 5.69 Å². The highest BCUT2D eigenvalue weighted by atomic mass is 16.5. The average Bonchev–Trinajstić information content (AvgIpc) is 2.96. The third kappa shape index (κ3) is 3.52. The summed E-state index contributed by atoms with van der Waals surface area (Å²) in [4.78, 5) is 14.1. The first-order chi connectivity index (χ1) is 12.0. The quantitative estimate of drug-likeness (QED) is 0.792. The van der Waals surface area contributed by atoms with Gasteiger partial charge in [0, 0.05) is 11.8 Å². The molecule has 0 spiro atoms. The molecule has 0 radical (unpaired) electrons. The molecule has 6 heteroatoms. The van der Waals surface area contributed by atoms with Gasteiger partial charge in [-0.15, -0.1) is 5.10 Å². The van der Waals surface area contributed by atoms with Crippen molar-refractivity contribution >= 4 is 11.6 Å². The molecule has 1 N–H and O–H groups in total. The van der Waals surface area contributed by atoms with Crippen LogP contribution in [0.1, 0.15) is 27.3 Å². The summed E-state index contributed by atoms with van der Waals surface area (Å²) in [7, 11) is 1.58. The highest BCUT2D eigenvalue weighted by Crippen LogP contribution is 2.19. The van der Waals surface area contributed by atoms with E-state index in [9.17, 15) is 4.79 Å². The number of aryl methyl sites for hydroxylation is 3. The fraction of sp³-hybridized carbons (Fsp3) is 0.211. The van der Waals surface area contributed by atoms with Crippen molar-refractivity contribution in [1.82, 2.24) is 15.0 Å². The molecule has 0 aliphatic carbocycles. The molecular formula is C19H20N4O2. The van der Waals surface area contributed by atoms with Crippen LogP contribution in [-0.4, -0.2) is 28.0 Å². The van der Waals surface area contributed by atoms with Crippen LogP contribution in [-0.2, 0) is 0 Å². The summed E-state index contributed by atoms with van der Waals surface area (Å²) in [6.07, 6.45) is 0. The number of amides is 1. The highest BCUT2D eigenvalue weighted by molar-refractivity contribution is 6.03. The van der Waals surface area contributed by atoms with Gasteiger partial charge in [-0.1, -0.05) is 23.8 Å². The molecule has 1 amide bonds. The molecule has 0 saturated carbocycles. The fourth-order valence-electron chi connectivity index (χ4n) is 2.62. The number of carbonyl (C=O) groups is 1. The number of hydrogen-bond acceptors (Lipinski definition) is 4. The Bertz CT molecular complexity index is 931. The Kier molecular flexibility index (Phi) is 4.52. The van der Waals surface area contributed by atoms with Crippen molar-refractivity contribution in [3.05, 3.63) is 65.0 Å². The van der Waals surface area contributed by atoms with Crippen molar-refractivity contribution in [2.75, 3.05) is 12.4 Å². The molecule has 0 bridgehead atoms. The van der Waals surface area contributed by atoms with E-state index in [2.05, 4.69) is 21.6 Å². The van der Waals surface area contributed by atoms with Crippen molar-refractivity contribution in [3.8, 4) is 11.4 Å². The van der Waals surface area contributed by atoms with Gasteiger partial charge < -0.3 is 10.1 Å². The molecule has 0 fully saturated rings. The summed E-state index contributed by atoms with van der Waals surface area (Å²) < 4.78 is 5.17. The van der Waals surface area contributed by atoms with Gasteiger partial charge in [-0.25, -0.2) is 0 Å². The van der Waals surface area contributed by atoms with Gasteiger partial charge in [-0.2, -0.15) is 9.90 Å². The summed E-state index contributed by atoms with van der Waals surface area (Å²) in [6, 6.07) is 13.2. The van der Waals surface area contributed by atoms with E-state index in [1.165, 1.54) is 10.4 Å². The lowest BCUT2D eigenvalue weighted by molar-refractivity contribution is 0.102. The zero-order valence-electron chi connectivity index (χ0n) is 14.7. The second kappa shape index (κ2) is 6.76. The molecule has 0 saturated heterocycles. The summed E-state index contributed by atoms with van der Waals surface area (Å²) in [5, 5.41) is 11.6. The minimum atomic E-state index is -0.304. The lowest BCUT2D eigenvalue weighted by Crippen LogP contribution is -2.14. The predicted octanol–water partition coefficient (Wildman–Crippen LogP) is 3.45. The zero-order valence-corrected chi connectivity index (χ0v) is 14.7. The van der Waals surface area contributed by atoms with Crippen molar-refractivity contribution < 1.29 is 9.53 Å². The molecule has 0 aliphatic rings. The van der Waals surface area contributed by atoms with Crippen LogP contribution in [0.3, 0.4) is 0 Å². The van der Waals surface area contributed by atoms with Gasteiger partial charge in [0.1, 0.15) is 5.75 Å². The number of methoxy groups -OCH3 is 1. The van der Waals surface area contributed by atoms with Crippen LogP contribution >= 0.6 is 0 Å². The van der Waals surface area contributed by atoms with Gasteiger partial charge >= 0.3 is 0 Å². The maximum atomic E-state index is 12.6. The summed E-state index contributed by atoms with van der Waals surface area (Å²) >= 11 is 0. The molecule has 3 aromatic rings. The molecule has 6 nitrogen and oxygen atoms in total. The van der Waals surface area contributed by atoms with Gasteiger partial charge in [-0.3, -0.25) is 4.79 Å². The molecule has 3 rings (SSSR count). The normalized spacial score (nSPS) is 10.6. The molecule has 0 atom stereocenters. The largest absolute Gasteiger partial charge is 0.497 e. The van der Waals surface area contributed by atoms with Crippen LogP contribution in [0.15, 0.2) is 42.5 Å². The van der Waals surface area contributed by atoms with Gasteiger partial charge in [0.15, 0.2) is 5.69 Å². The maximum Gasteiger partial charge on any atom is 0.278 e. The van der Waals surface area contributed by atoms with E-state index >= 15 is 0 Å². The first kappa shape index (κ1) is 16.7. The number of aromatic nitrogens is 3. The number of hydrogen-bond donors (Lipinski definition) is 1. The van der Waals surface area contributed by atoms with Crippen molar-refractivity contribution in [2.45, 2.75) is 20.8 Å². The minimum absolute atomic E-state index is 0.294. The number of ether oxygens (including phenoxy) is 1. The third-order valence-corrected chi connectivity index (χ3v) is 3.89. The van der Waals surface area contributed by atoms with Crippen LogP contribution in [0, 0.1) is 20.8 Å². The first-order valence-corrected chi connectivity index (χ1v) is 7.95. The molecule has 1 aromatic heterocycles. The standard InChI is InChI=1S/C19H20N4O2/c1-12-8-9-17(13(2)10-12)23-21-14(3)18(22-23)19(24)20-15-6-5-7-16(11-15)25-4/h5-11H,1-4H3,(H,20,24). The van der Waals surface area contributed by atoms with E-state index in [0.717, 1.165) is 11.3 Å². The molecule has 1 heterocycles. The van der Waals surface area contributed by atoms with Gasteiger partial charge in [-0.05, 0) is 44.5 Å². The highest BCUT2D eigenvalue weighted by Gasteiger charge is 2.17. The van der Waals surface area contributed by atoms with Crippen LogP contribution < -0.4 is 10.1 Å². The molecule has 128 valence electrons. The second-order valence-electron chi connectivity index (χ2n) is 5.90. The Morgan fingerprint density at radius 3 is 2.60 bits per heavy atom. The van der Waals surface area contributed by atoms with Crippen molar-refractivity contribution in [2.24, 2.45) is 0 Å². The Morgan fingerprint density at radius 1 is 1.08 bits per heavy atom. The van der Waals surface area contributed by atoms with Crippen LogP contribution in [0.4, 0.5) is 5.69 Å². The van der Waals surface area contributed by atoms with Crippen LogP contribution in [0.2, 0.25) is 0 Å². The lowest BCUT2D eigenvalue weighted by atomic mass is 10.1. The number of rotatable bonds is 4. The number of carbonyl (C=O) groups excluding carboxylic acids is 1. The fourth-order valence-corrected chi connectivity index (χ4v) is 2.62. The van der Waals surface area contributed by atoms with E-state index in [1.54, 1.807) is 26.2 Å². The number of anilines is 1. The Labute approximate surface area is 146 Å². The third-order valence-electron chi connectivity index (χ3n) is 3.89. The van der Waals surface area contributed by atoms with Gasteiger partial charge in [0.25, 0.3) is 5.91 Å². The molecule has 0 aliphatic heterocycles. The maximum absolute atomic E-state index is 12.6. The second-order valence-corrected chi connectivity index (χ2v) is 5.90. The number of benzene rings is 2. The Hall–Kier alpha value is -3.15.